The Labute approximate surface area is 113 Å². The minimum absolute atomic E-state index is 0.258. The highest BCUT2D eigenvalue weighted by atomic mass is 32.1. The zero-order chi connectivity index (χ0) is 13.0. The monoisotopic (exact) mass is 266 g/mol. The van der Waals surface area contributed by atoms with Gasteiger partial charge < -0.3 is 5.32 Å². The van der Waals surface area contributed by atoms with E-state index in [1.54, 1.807) is 11.3 Å². The summed E-state index contributed by atoms with van der Waals surface area (Å²) in [4.78, 5) is 17.7. The molecule has 4 heteroatoms. The average molecular weight is 266 g/mol. The van der Waals surface area contributed by atoms with Gasteiger partial charge in [0.25, 0.3) is 0 Å². The van der Waals surface area contributed by atoms with E-state index >= 15 is 0 Å². The van der Waals surface area contributed by atoms with Gasteiger partial charge in [-0.1, -0.05) is 19.3 Å². The SMILES string of the molecule is Cc1nc(C)c(CCNC(=O)C2CCCCC2)s1. The number of aryl methyl sites for hydroxylation is 2. The molecular weight excluding hydrogens is 244 g/mol. The second-order valence-corrected chi connectivity index (χ2v) is 6.41. The second kappa shape index (κ2) is 6.32. The van der Waals surface area contributed by atoms with Gasteiger partial charge >= 0.3 is 0 Å². The fraction of sp³-hybridized carbons (Fsp3) is 0.714. The lowest BCUT2D eigenvalue weighted by Gasteiger charge is -2.20. The number of hydrogen-bond donors (Lipinski definition) is 1. The van der Waals surface area contributed by atoms with E-state index in [1.807, 2.05) is 13.8 Å². The molecule has 1 fully saturated rings. The zero-order valence-corrected chi connectivity index (χ0v) is 12.1. The highest BCUT2D eigenvalue weighted by molar-refractivity contribution is 7.11. The first-order chi connectivity index (χ1) is 8.66. The molecule has 0 unspecified atom stereocenters. The third-order valence-corrected chi connectivity index (χ3v) is 4.76. The first-order valence-corrected chi connectivity index (χ1v) is 7.69. The summed E-state index contributed by atoms with van der Waals surface area (Å²) in [5.41, 5.74) is 1.12. The van der Waals surface area contributed by atoms with Crippen molar-refractivity contribution in [1.29, 1.82) is 0 Å². The van der Waals surface area contributed by atoms with Gasteiger partial charge in [0.2, 0.25) is 5.91 Å². The summed E-state index contributed by atoms with van der Waals surface area (Å²) in [6, 6.07) is 0. The smallest absolute Gasteiger partial charge is 0.223 e. The van der Waals surface area contributed by atoms with E-state index in [0.29, 0.717) is 0 Å². The first kappa shape index (κ1) is 13.5. The van der Waals surface area contributed by atoms with Gasteiger partial charge in [-0.25, -0.2) is 4.98 Å². The molecule has 1 aliphatic carbocycles. The topological polar surface area (TPSA) is 42.0 Å². The van der Waals surface area contributed by atoms with Gasteiger partial charge in [-0.3, -0.25) is 4.79 Å². The summed E-state index contributed by atoms with van der Waals surface area (Å²) in [6.45, 7) is 4.82. The number of hydrogen-bond acceptors (Lipinski definition) is 3. The van der Waals surface area contributed by atoms with Crippen LogP contribution in [0.25, 0.3) is 0 Å². The molecule has 1 aromatic rings. The predicted octanol–water partition coefficient (Wildman–Crippen LogP) is 3.00. The molecule has 1 heterocycles. The minimum atomic E-state index is 0.258. The Balaban J connectivity index is 1.74. The van der Waals surface area contributed by atoms with Crippen LogP contribution in [0.4, 0.5) is 0 Å². The Morgan fingerprint density at radius 3 is 2.67 bits per heavy atom. The maximum absolute atomic E-state index is 12.0. The van der Waals surface area contributed by atoms with Gasteiger partial charge in [0, 0.05) is 23.8 Å². The summed E-state index contributed by atoms with van der Waals surface area (Å²) < 4.78 is 0. The summed E-state index contributed by atoms with van der Waals surface area (Å²) in [6.07, 6.45) is 6.78. The molecule has 0 aliphatic heterocycles. The predicted molar refractivity (Wildman–Crippen MR) is 74.9 cm³/mol. The molecule has 2 rings (SSSR count). The van der Waals surface area contributed by atoms with Crippen molar-refractivity contribution in [2.75, 3.05) is 6.54 Å². The van der Waals surface area contributed by atoms with Crippen LogP contribution in [0.1, 0.15) is 47.7 Å². The largest absolute Gasteiger partial charge is 0.356 e. The van der Waals surface area contributed by atoms with Crippen LogP contribution in [-0.4, -0.2) is 17.4 Å². The van der Waals surface area contributed by atoms with Gasteiger partial charge in [-0.05, 0) is 26.7 Å². The van der Waals surface area contributed by atoms with Crippen LogP contribution >= 0.6 is 11.3 Å². The molecule has 3 nitrogen and oxygen atoms in total. The average Bonchev–Trinajstić information content (AvgIpc) is 2.69. The molecule has 100 valence electrons. The Morgan fingerprint density at radius 2 is 2.06 bits per heavy atom. The van der Waals surface area contributed by atoms with Crippen molar-refractivity contribution < 1.29 is 4.79 Å². The number of rotatable bonds is 4. The lowest BCUT2D eigenvalue weighted by molar-refractivity contribution is -0.125. The number of nitrogens with zero attached hydrogens (tertiary/aromatic N) is 1. The number of carbonyl (C=O) groups excluding carboxylic acids is 1. The van der Waals surface area contributed by atoms with Crippen molar-refractivity contribution in [3.8, 4) is 0 Å². The lowest BCUT2D eigenvalue weighted by Crippen LogP contribution is -2.33. The quantitative estimate of drug-likeness (QED) is 0.910. The van der Waals surface area contributed by atoms with Crippen molar-refractivity contribution in [2.24, 2.45) is 5.92 Å². The molecule has 18 heavy (non-hydrogen) atoms. The van der Waals surface area contributed by atoms with Crippen molar-refractivity contribution in [3.05, 3.63) is 15.6 Å². The van der Waals surface area contributed by atoms with Gasteiger partial charge in [0.1, 0.15) is 0 Å². The molecule has 0 saturated heterocycles. The molecule has 0 bridgehead atoms. The fourth-order valence-corrected chi connectivity index (χ4v) is 3.55. The lowest BCUT2D eigenvalue weighted by atomic mass is 9.89. The number of amides is 1. The maximum Gasteiger partial charge on any atom is 0.223 e. The zero-order valence-electron chi connectivity index (χ0n) is 11.3. The molecule has 0 aromatic carbocycles. The third-order valence-electron chi connectivity index (χ3n) is 3.63. The van der Waals surface area contributed by atoms with Crippen LogP contribution in [0.5, 0.6) is 0 Å². The molecule has 1 aliphatic rings. The highest BCUT2D eigenvalue weighted by Crippen LogP contribution is 2.23. The molecule has 1 amide bonds. The molecule has 0 spiro atoms. The van der Waals surface area contributed by atoms with Gasteiger partial charge in [0.05, 0.1) is 10.7 Å². The highest BCUT2D eigenvalue weighted by Gasteiger charge is 2.20. The summed E-state index contributed by atoms with van der Waals surface area (Å²) in [7, 11) is 0. The molecular formula is C14H22N2OS. The minimum Gasteiger partial charge on any atom is -0.356 e. The molecule has 1 aromatic heterocycles. The van der Waals surface area contributed by atoms with Crippen molar-refractivity contribution in [2.45, 2.75) is 52.4 Å². The Kier molecular flexibility index (Phi) is 4.75. The summed E-state index contributed by atoms with van der Waals surface area (Å²) in [5, 5.41) is 4.19. The number of nitrogens with one attached hydrogen (secondary N) is 1. The summed E-state index contributed by atoms with van der Waals surface area (Å²) in [5.74, 6) is 0.525. The van der Waals surface area contributed by atoms with Crippen LogP contribution < -0.4 is 5.32 Å². The molecule has 0 atom stereocenters. The van der Waals surface area contributed by atoms with Crippen molar-refractivity contribution in [1.82, 2.24) is 10.3 Å². The van der Waals surface area contributed by atoms with E-state index < -0.39 is 0 Å². The number of thiazole rings is 1. The fourth-order valence-electron chi connectivity index (χ4n) is 2.61. The van der Waals surface area contributed by atoms with Gasteiger partial charge in [-0.15, -0.1) is 11.3 Å². The van der Waals surface area contributed by atoms with E-state index in [1.165, 1.54) is 24.1 Å². The van der Waals surface area contributed by atoms with E-state index in [2.05, 4.69) is 10.3 Å². The van der Waals surface area contributed by atoms with E-state index in [0.717, 1.165) is 36.5 Å². The van der Waals surface area contributed by atoms with E-state index in [-0.39, 0.29) is 11.8 Å². The van der Waals surface area contributed by atoms with Gasteiger partial charge in [0.15, 0.2) is 0 Å². The van der Waals surface area contributed by atoms with Crippen LogP contribution in [0.2, 0.25) is 0 Å². The van der Waals surface area contributed by atoms with Gasteiger partial charge in [-0.2, -0.15) is 0 Å². The van der Waals surface area contributed by atoms with Crippen LogP contribution in [-0.2, 0) is 11.2 Å². The van der Waals surface area contributed by atoms with Crippen molar-refractivity contribution >= 4 is 17.2 Å². The first-order valence-electron chi connectivity index (χ1n) is 6.87. The molecule has 1 saturated carbocycles. The Bertz CT molecular complexity index is 408. The van der Waals surface area contributed by atoms with Crippen LogP contribution in [0, 0.1) is 19.8 Å². The normalized spacial score (nSPS) is 16.8. The maximum atomic E-state index is 12.0. The number of aromatic nitrogens is 1. The van der Waals surface area contributed by atoms with Crippen molar-refractivity contribution in [3.63, 3.8) is 0 Å². The standard InChI is InChI=1S/C14H22N2OS/c1-10-13(18-11(2)16-10)8-9-15-14(17)12-6-4-3-5-7-12/h12H,3-9H2,1-2H3,(H,15,17). The third kappa shape index (κ3) is 3.55. The molecule has 1 N–H and O–H groups in total. The Hall–Kier alpha value is -0.900. The number of carbonyl (C=O) groups is 1. The molecule has 0 radical (unpaired) electrons. The van der Waals surface area contributed by atoms with E-state index in [9.17, 15) is 4.79 Å². The van der Waals surface area contributed by atoms with E-state index in [4.69, 9.17) is 0 Å². The second-order valence-electron chi connectivity index (χ2n) is 5.12. The van der Waals surface area contributed by atoms with Crippen LogP contribution in [0.15, 0.2) is 0 Å². The Morgan fingerprint density at radius 1 is 1.33 bits per heavy atom. The summed E-state index contributed by atoms with van der Waals surface area (Å²) >= 11 is 1.74. The van der Waals surface area contributed by atoms with Crippen LogP contribution in [0.3, 0.4) is 0 Å².